The number of ether oxygens (including phenoxy) is 1. The summed E-state index contributed by atoms with van der Waals surface area (Å²) < 4.78 is 5.51. The first kappa shape index (κ1) is 24.1. The zero-order valence-electron chi connectivity index (χ0n) is 19.3. The fraction of sp³-hybridized carbons (Fsp3) is 0.417. The van der Waals surface area contributed by atoms with E-state index in [1.807, 2.05) is 58.9 Å². The number of esters is 1. The van der Waals surface area contributed by atoms with E-state index in [0.717, 1.165) is 26.6 Å². The van der Waals surface area contributed by atoms with Gasteiger partial charge >= 0.3 is 5.97 Å². The van der Waals surface area contributed by atoms with Gasteiger partial charge in [-0.3, -0.25) is 25.5 Å². The molecule has 0 radical (unpaired) electrons. The Hall–Kier alpha value is -2.51. The van der Waals surface area contributed by atoms with Crippen molar-refractivity contribution < 1.29 is 9.53 Å². The summed E-state index contributed by atoms with van der Waals surface area (Å²) in [6.45, 7) is 11.1. The molecule has 0 unspecified atom stereocenters. The molecule has 1 atom stereocenters. The van der Waals surface area contributed by atoms with Crippen LogP contribution in [0.2, 0.25) is 0 Å². The summed E-state index contributed by atoms with van der Waals surface area (Å²) in [7, 11) is 0. The summed E-state index contributed by atoms with van der Waals surface area (Å²) in [6, 6.07) is -0.777. The van der Waals surface area contributed by atoms with Gasteiger partial charge in [0.15, 0.2) is 0 Å². The molecule has 0 bridgehead atoms. The van der Waals surface area contributed by atoms with Crippen LogP contribution in [0.5, 0.6) is 0 Å². The Labute approximate surface area is 198 Å². The number of nitrogens with zero attached hydrogens (tertiary/aromatic N) is 2. The van der Waals surface area contributed by atoms with Crippen molar-refractivity contribution in [3.05, 3.63) is 50.9 Å². The van der Waals surface area contributed by atoms with Crippen LogP contribution in [-0.4, -0.2) is 35.0 Å². The van der Waals surface area contributed by atoms with Crippen molar-refractivity contribution in [1.29, 1.82) is 10.8 Å². The second-order valence-corrected chi connectivity index (χ2v) is 10.5. The first-order chi connectivity index (χ1) is 14.9. The number of carbonyl (C=O) groups excluding carboxylic acids is 1. The maximum absolute atomic E-state index is 12.7. The number of allylic oxidation sites excluding steroid dienone is 6. The molecule has 3 rings (SSSR count). The maximum atomic E-state index is 12.7. The van der Waals surface area contributed by atoms with Crippen LogP contribution in [-0.2, 0) is 9.53 Å². The van der Waals surface area contributed by atoms with E-state index in [9.17, 15) is 4.79 Å². The number of fused-ring (bicyclic) bond motifs is 1. The molecule has 0 saturated heterocycles. The van der Waals surface area contributed by atoms with Gasteiger partial charge in [-0.2, -0.15) is 0 Å². The molecular weight excluding hydrogens is 444 g/mol. The lowest BCUT2D eigenvalue weighted by Gasteiger charge is -2.25. The van der Waals surface area contributed by atoms with Crippen molar-refractivity contribution in [2.45, 2.75) is 66.0 Å². The number of aliphatic imine (C=N–C) groups is 1. The molecule has 8 heteroatoms. The van der Waals surface area contributed by atoms with Gasteiger partial charge in [-0.15, -0.1) is 11.3 Å². The Morgan fingerprint density at radius 1 is 1.31 bits per heavy atom. The van der Waals surface area contributed by atoms with Crippen LogP contribution in [0.25, 0.3) is 0 Å². The molecule has 1 aliphatic carbocycles. The first-order valence-corrected chi connectivity index (χ1v) is 11.7. The molecule has 1 aromatic heterocycles. The van der Waals surface area contributed by atoms with E-state index in [1.165, 1.54) is 11.3 Å². The van der Waals surface area contributed by atoms with Crippen molar-refractivity contribution in [1.82, 2.24) is 0 Å². The fourth-order valence-electron chi connectivity index (χ4n) is 3.60. The zero-order chi connectivity index (χ0) is 23.8. The number of halogens is 1. The van der Waals surface area contributed by atoms with Gasteiger partial charge in [-0.1, -0.05) is 29.8 Å². The van der Waals surface area contributed by atoms with E-state index < -0.39 is 17.6 Å². The number of hydrogen-bond acceptors (Lipinski definition) is 6. The largest absolute Gasteiger partial charge is 0.460 e. The lowest BCUT2D eigenvalue weighted by Crippen LogP contribution is -2.41. The van der Waals surface area contributed by atoms with Crippen LogP contribution in [0.4, 0.5) is 5.00 Å². The molecule has 0 spiro atoms. The van der Waals surface area contributed by atoms with Crippen molar-refractivity contribution in [2.24, 2.45) is 4.99 Å². The molecule has 170 valence electrons. The molecule has 0 fully saturated rings. The predicted octanol–water partition coefficient (Wildman–Crippen LogP) is 6.06. The van der Waals surface area contributed by atoms with E-state index >= 15 is 0 Å². The molecule has 2 N–H and O–H groups in total. The van der Waals surface area contributed by atoms with Gasteiger partial charge in [0.25, 0.3) is 0 Å². The van der Waals surface area contributed by atoms with Crippen molar-refractivity contribution >= 4 is 51.3 Å². The number of amidine groups is 2. The van der Waals surface area contributed by atoms with Crippen molar-refractivity contribution in [3.63, 3.8) is 0 Å². The van der Waals surface area contributed by atoms with Gasteiger partial charge in [-0.05, 0) is 65.2 Å². The Balaban J connectivity index is 2.18. The van der Waals surface area contributed by atoms with Crippen LogP contribution in [0, 0.1) is 24.7 Å². The van der Waals surface area contributed by atoms with Crippen LogP contribution < -0.4 is 4.90 Å². The fourth-order valence-corrected chi connectivity index (χ4v) is 4.98. The quantitative estimate of drug-likeness (QED) is 0.318. The summed E-state index contributed by atoms with van der Waals surface area (Å²) in [5.74, 6) is -0.125. The minimum atomic E-state index is -0.777. The average Bonchev–Trinajstić information content (AvgIpc) is 2.80. The van der Waals surface area contributed by atoms with E-state index in [1.54, 1.807) is 11.8 Å². The highest BCUT2D eigenvalue weighted by Gasteiger charge is 2.35. The average molecular weight is 473 g/mol. The van der Waals surface area contributed by atoms with Gasteiger partial charge < -0.3 is 4.74 Å². The predicted molar refractivity (Wildman–Crippen MR) is 134 cm³/mol. The highest BCUT2D eigenvalue weighted by molar-refractivity contribution is 7.17. The molecule has 1 aliphatic heterocycles. The second kappa shape index (κ2) is 9.16. The standard InChI is InChI=1S/C24H29ClN4O2S/c1-13-14(2)32-23-20(13)21(16-8-7-9-17(25)11-10-16)28-18(22(27)29(23)15(3)26)12-19(30)31-24(4,5)6/h8-11,18,26-27H,7,12H2,1-6H3/t18-/m0/s1. The minimum Gasteiger partial charge on any atom is -0.460 e. The molecule has 0 amide bonds. The lowest BCUT2D eigenvalue weighted by atomic mass is 9.98. The zero-order valence-corrected chi connectivity index (χ0v) is 20.9. The summed E-state index contributed by atoms with van der Waals surface area (Å²) in [5.41, 5.74) is 2.91. The van der Waals surface area contributed by atoms with Gasteiger partial charge in [-0.25, -0.2) is 0 Å². The second-order valence-electron chi connectivity index (χ2n) is 8.87. The van der Waals surface area contributed by atoms with E-state index in [0.29, 0.717) is 17.2 Å². The number of rotatable bonds is 3. The Morgan fingerprint density at radius 3 is 2.62 bits per heavy atom. The molecule has 32 heavy (non-hydrogen) atoms. The summed E-state index contributed by atoms with van der Waals surface area (Å²) in [5, 5.41) is 18.7. The number of carbonyl (C=O) groups is 1. The molecule has 0 saturated carbocycles. The molecule has 6 nitrogen and oxygen atoms in total. The van der Waals surface area contributed by atoms with E-state index in [2.05, 4.69) is 0 Å². The number of aryl methyl sites for hydroxylation is 1. The number of nitrogens with one attached hydrogen (secondary N) is 2. The SMILES string of the molecule is CC(=N)N1C(=N)[C@H](CC(=O)OC(C)(C)C)N=C(C2=CCC=C(Cl)C=C2)c2c1sc(C)c2C. The van der Waals surface area contributed by atoms with Gasteiger partial charge in [0, 0.05) is 15.5 Å². The van der Waals surface area contributed by atoms with Crippen LogP contribution >= 0.6 is 22.9 Å². The highest BCUT2D eigenvalue weighted by Crippen LogP contribution is 2.40. The smallest absolute Gasteiger partial charge is 0.308 e. The molecule has 0 aromatic carbocycles. The van der Waals surface area contributed by atoms with Crippen molar-refractivity contribution in [2.75, 3.05) is 4.90 Å². The van der Waals surface area contributed by atoms with Gasteiger partial charge in [0.05, 0.1) is 12.1 Å². The molecule has 1 aromatic rings. The summed E-state index contributed by atoms with van der Waals surface area (Å²) in [6.07, 6.45) is 8.29. The van der Waals surface area contributed by atoms with E-state index in [-0.39, 0.29) is 18.1 Å². The molecule has 2 aliphatic rings. The highest BCUT2D eigenvalue weighted by atomic mass is 35.5. The molecular formula is C24H29ClN4O2S. The number of hydrogen-bond donors (Lipinski definition) is 2. The van der Waals surface area contributed by atoms with Gasteiger partial charge in [0.2, 0.25) is 0 Å². The topological polar surface area (TPSA) is 89.6 Å². The third kappa shape index (κ3) is 5.10. The minimum absolute atomic E-state index is 0.0770. The summed E-state index contributed by atoms with van der Waals surface area (Å²) >= 11 is 7.74. The van der Waals surface area contributed by atoms with Crippen LogP contribution in [0.3, 0.4) is 0 Å². The Morgan fingerprint density at radius 2 is 2.00 bits per heavy atom. The monoisotopic (exact) mass is 472 g/mol. The lowest BCUT2D eigenvalue weighted by molar-refractivity contribution is -0.154. The van der Waals surface area contributed by atoms with E-state index in [4.69, 9.17) is 32.1 Å². The first-order valence-electron chi connectivity index (χ1n) is 10.5. The Kier molecular flexibility index (Phi) is 6.91. The number of thiophene rings is 1. The summed E-state index contributed by atoms with van der Waals surface area (Å²) in [4.78, 5) is 20.3. The molecule has 2 heterocycles. The van der Waals surface area contributed by atoms with Crippen LogP contribution in [0.1, 0.15) is 56.5 Å². The third-order valence-corrected chi connectivity index (χ3v) is 6.58. The van der Waals surface area contributed by atoms with Crippen LogP contribution in [0.15, 0.2) is 39.9 Å². The maximum Gasteiger partial charge on any atom is 0.308 e. The van der Waals surface area contributed by atoms with Crippen molar-refractivity contribution in [3.8, 4) is 0 Å². The normalized spacial score (nSPS) is 18.8. The van der Waals surface area contributed by atoms with Gasteiger partial charge in [0.1, 0.15) is 28.3 Å². The third-order valence-electron chi connectivity index (χ3n) is 5.11. The Bertz CT molecular complexity index is 1100. The number of anilines is 1.